The van der Waals surface area contributed by atoms with Crippen LogP contribution in [0.2, 0.25) is 0 Å². The monoisotopic (exact) mass is 344 g/mol. The predicted octanol–water partition coefficient (Wildman–Crippen LogP) is 3.43. The molecule has 3 aromatic carbocycles. The number of hydrogen-bond donors (Lipinski definition) is 0. The van der Waals surface area contributed by atoms with Gasteiger partial charge in [0.2, 0.25) is 0 Å². The highest BCUT2D eigenvalue weighted by atomic mass is 16.2. The van der Waals surface area contributed by atoms with E-state index in [4.69, 9.17) is 0 Å². The third-order valence-corrected chi connectivity index (χ3v) is 4.74. The summed E-state index contributed by atoms with van der Waals surface area (Å²) < 4.78 is 0. The van der Waals surface area contributed by atoms with Gasteiger partial charge in [-0.1, -0.05) is 48.5 Å². The first-order chi connectivity index (χ1) is 12.5. The lowest BCUT2D eigenvalue weighted by atomic mass is 9.95. The van der Waals surface area contributed by atoms with Crippen LogP contribution in [-0.2, 0) is 9.59 Å². The fourth-order valence-electron chi connectivity index (χ4n) is 3.33. The molecule has 0 spiro atoms. The molecule has 0 saturated carbocycles. The highest BCUT2D eigenvalue weighted by Gasteiger charge is 2.37. The molecule has 0 aromatic heterocycles. The molecule has 128 valence electrons. The maximum absolute atomic E-state index is 12.5. The van der Waals surface area contributed by atoms with E-state index in [1.54, 1.807) is 6.08 Å². The number of urea groups is 1. The second kappa shape index (κ2) is 5.81. The number of hydrogen-bond acceptors (Lipinski definition) is 3. The topological polar surface area (TPSA) is 57.7 Å². The smallest absolute Gasteiger partial charge is 0.268 e. The number of benzene rings is 3. The number of carbonyl (C=O) groups is 3. The summed E-state index contributed by atoms with van der Waals surface area (Å²) >= 11 is 0. The summed E-state index contributed by atoms with van der Waals surface area (Å²) in [7, 11) is 2.75. The van der Waals surface area contributed by atoms with E-state index in [9.17, 15) is 14.4 Å². The number of barbiturate groups is 1. The van der Waals surface area contributed by atoms with E-state index in [1.807, 2.05) is 54.6 Å². The molecule has 1 fully saturated rings. The molecule has 1 saturated heterocycles. The zero-order valence-corrected chi connectivity index (χ0v) is 14.4. The van der Waals surface area contributed by atoms with Gasteiger partial charge in [-0.25, -0.2) is 4.79 Å². The van der Waals surface area contributed by atoms with Crippen LogP contribution < -0.4 is 0 Å². The summed E-state index contributed by atoms with van der Waals surface area (Å²) in [6.07, 6.45) is 1.58. The molecule has 0 atom stereocenters. The molecule has 1 aliphatic rings. The van der Waals surface area contributed by atoms with Crippen molar-refractivity contribution < 1.29 is 14.4 Å². The minimum atomic E-state index is -0.625. The summed E-state index contributed by atoms with van der Waals surface area (Å²) in [5.74, 6) is -1.18. The van der Waals surface area contributed by atoms with Crippen LogP contribution in [0, 0.1) is 0 Å². The lowest BCUT2D eigenvalue weighted by molar-refractivity contribution is -0.134. The average Bonchev–Trinajstić information content (AvgIpc) is 2.68. The Kier molecular flexibility index (Phi) is 3.58. The molecular formula is C21H16N2O3. The van der Waals surface area contributed by atoms with E-state index in [0.717, 1.165) is 36.9 Å². The summed E-state index contributed by atoms with van der Waals surface area (Å²) in [6, 6.07) is 17.2. The van der Waals surface area contributed by atoms with Crippen molar-refractivity contribution in [2.45, 2.75) is 0 Å². The second-order valence-corrected chi connectivity index (χ2v) is 6.30. The van der Waals surface area contributed by atoms with Gasteiger partial charge in [0.05, 0.1) is 0 Å². The Bertz CT molecular complexity index is 1100. The molecule has 0 N–H and O–H groups in total. The van der Waals surface area contributed by atoms with Gasteiger partial charge >= 0.3 is 6.03 Å². The van der Waals surface area contributed by atoms with Crippen LogP contribution in [0.3, 0.4) is 0 Å². The lowest BCUT2D eigenvalue weighted by Crippen LogP contribution is -2.52. The second-order valence-electron chi connectivity index (χ2n) is 6.30. The molecule has 4 amide bonds. The number of rotatable bonds is 1. The van der Waals surface area contributed by atoms with Gasteiger partial charge < -0.3 is 0 Å². The van der Waals surface area contributed by atoms with E-state index in [-0.39, 0.29) is 5.57 Å². The Labute approximate surface area is 150 Å². The van der Waals surface area contributed by atoms with E-state index >= 15 is 0 Å². The predicted molar refractivity (Wildman–Crippen MR) is 100 cm³/mol. The molecule has 26 heavy (non-hydrogen) atoms. The first kappa shape index (κ1) is 16.0. The normalized spacial score (nSPS) is 15.3. The van der Waals surface area contributed by atoms with Crippen molar-refractivity contribution >= 4 is 45.5 Å². The van der Waals surface area contributed by atoms with E-state index in [1.165, 1.54) is 14.1 Å². The maximum Gasteiger partial charge on any atom is 0.333 e. The Balaban J connectivity index is 1.99. The Morgan fingerprint density at radius 2 is 1.27 bits per heavy atom. The van der Waals surface area contributed by atoms with E-state index in [2.05, 4.69) is 0 Å². The largest absolute Gasteiger partial charge is 0.333 e. The number of fused-ring (bicyclic) bond motifs is 3. The number of carbonyl (C=O) groups excluding carboxylic acids is 3. The summed E-state index contributed by atoms with van der Waals surface area (Å²) in [5, 5.41) is 4.12. The Hall–Kier alpha value is -3.47. The molecule has 3 aromatic rings. The molecule has 5 nitrogen and oxygen atoms in total. The molecular weight excluding hydrogens is 328 g/mol. The lowest BCUT2D eigenvalue weighted by Gasteiger charge is -2.29. The van der Waals surface area contributed by atoms with Gasteiger partial charge in [0.25, 0.3) is 11.8 Å². The van der Waals surface area contributed by atoms with Gasteiger partial charge in [0.15, 0.2) is 0 Å². The van der Waals surface area contributed by atoms with Crippen LogP contribution in [0.15, 0.2) is 60.2 Å². The van der Waals surface area contributed by atoms with Gasteiger partial charge in [-0.05, 0) is 39.3 Å². The van der Waals surface area contributed by atoms with Crippen LogP contribution in [0.4, 0.5) is 4.79 Å². The van der Waals surface area contributed by atoms with Crippen LogP contribution >= 0.6 is 0 Å². The molecule has 4 rings (SSSR count). The number of nitrogens with zero attached hydrogens (tertiary/aromatic N) is 2. The number of amides is 4. The van der Waals surface area contributed by atoms with Crippen molar-refractivity contribution in [3.63, 3.8) is 0 Å². The third-order valence-electron chi connectivity index (χ3n) is 4.74. The highest BCUT2D eigenvalue weighted by Crippen LogP contribution is 2.30. The molecule has 1 aliphatic heterocycles. The van der Waals surface area contributed by atoms with Crippen molar-refractivity contribution in [3.8, 4) is 0 Å². The van der Waals surface area contributed by atoms with Crippen molar-refractivity contribution in [1.29, 1.82) is 0 Å². The van der Waals surface area contributed by atoms with Gasteiger partial charge in [-0.2, -0.15) is 0 Å². The molecule has 0 aliphatic carbocycles. The van der Waals surface area contributed by atoms with Gasteiger partial charge in [0.1, 0.15) is 5.57 Å². The summed E-state index contributed by atoms with van der Waals surface area (Å²) in [4.78, 5) is 38.8. The number of imide groups is 2. The van der Waals surface area contributed by atoms with Crippen molar-refractivity contribution in [2.24, 2.45) is 0 Å². The Morgan fingerprint density at radius 3 is 1.92 bits per heavy atom. The van der Waals surface area contributed by atoms with Crippen LogP contribution in [0.5, 0.6) is 0 Å². The standard InChI is InChI=1S/C21H16N2O3/c1-22-19(24)18(20(25)23(2)21(22)26)12-14-11-13-7-3-4-8-15(13)17-10-6-5-9-16(14)17/h3-12H,1-2H3. The zero-order valence-electron chi connectivity index (χ0n) is 14.4. The summed E-state index contributed by atoms with van der Waals surface area (Å²) in [5.41, 5.74) is 0.752. The zero-order chi connectivity index (χ0) is 18.4. The Morgan fingerprint density at radius 1 is 0.731 bits per heavy atom. The fraction of sp³-hybridized carbons (Fsp3) is 0.0952. The number of likely N-dealkylation sites (N-methyl/N-ethyl adjacent to an activating group) is 2. The van der Waals surface area contributed by atoms with Crippen LogP contribution in [0.25, 0.3) is 27.6 Å². The first-order valence-electron chi connectivity index (χ1n) is 8.21. The van der Waals surface area contributed by atoms with Crippen molar-refractivity contribution in [1.82, 2.24) is 9.80 Å². The maximum atomic E-state index is 12.5. The van der Waals surface area contributed by atoms with E-state index in [0.29, 0.717) is 0 Å². The highest BCUT2D eigenvalue weighted by molar-refractivity contribution is 6.31. The van der Waals surface area contributed by atoms with Gasteiger partial charge in [-0.3, -0.25) is 19.4 Å². The SMILES string of the molecule is CN1C(=O)C(=Cc2cc3ccccc3c3ccccc23)C(=O)N(C)C1=O. The molecule has 1 heterocycles. The molecule has 0 unspecified atom stereocenters. The third kappa shape index (κ3) is 2.29. The molecule has 0 radical (unpaired) electrons. The van der Waals surface area contributed by atoms with Crippen molar-refractivity contribution in [3.05, 3.63) is 65.7 Å². The minimum absolute atomic E-state index is 0.0185. The van der Waals surface area contributed by atoms with Gasteiger partial charge in [-0.15, -0.1) is 0 Å². The van der Waals surface area contributed by atoms with Crippen LogP contribution in [0.1, 0.15) is 5.56 Å². The van der Waals surface area contributed by atoms with Gasteiger partial charge in [0, 0.05) is 14.1 Å². The first-order valence-corrected chi connectivity index (χ1v) is 8.21. The van der Waals surface area contributed by atoms with Crippen LogP contribution in [-0.4, -0.2) is 41.7 Å². The minimum Gasteiger partial charge on any atom is -0.268 e. The fourth-order valence-corrected chi connectivity index (χ4v) is 3.33. The molecule has 0 bridgehead atoms. The van der Waals surface area contributed by atoms with Crippen molar-refractivity contribution in [2.75, 3.05) is 14.1 Å². The average molecular weight is 344 g/mol. The molecule has 5 heteroatoms. The van der Waals surface area contributed by atoms with E-state index < -0.39 is 17.8 Å². The quantitative estimate of drug-likeness (QED) is 0.386. The summed E-state index contributed by atoms with van der Waals surface area (Å²) in [6.45, 7) is 0.